The quantitative estimate of drug-likeness (QED) is 0.634. The molecule has 1 unspecified atom stereocenters. The van der Waals surface area contributed by atoms with E-state index in [1.54, 1.807) is 13.8 Å². The second-order valence-corrected chi connectivity index (χ2v) is 5.72. The summed E-state index contributed by atoms with van der Waals surface area (Å²) in [5.41, 5.74) is 4.71. The molecule has 0 bridgehead atoms. The van der Waals surface area contributed by atoms with Gasteiger partial charge in [0.2, 0.25) is 5.91 Å². The number of nitrogens with one attached hydrogen (secondary N) is 1. The summed E-state index contributed by atoms with van der Waals surface area (Å²) in [4.78, 5) is 22.3. The summed E-state index contributed by atoms with van der Waals surface area (Å²) in [5.74, 6) is 0.0715. The second-order valence-electron chi connectivity index (χ2n) is 5.72. The van der Waals surface area contributed by atoms with Gasteiger partial charge in [-0.25, -0.2) is 0 Å². The lowest BCUT2D eigenvalue weighted by molar-refractivity contribution is -0.123. The minimum atomic E-state index is -0.578. The van der Waals surface area contributed by atoms with Crippen LogP contribution in [0, 0.1) is 0 Å². The SMILES string of the molecule is CCC(=O)CCCC(=O)NC(C)(C)CO.CCC(C)N. The zero-order valence-electron chi connectivity index (χ0n) is 13.7. The Morgan fingerprint density at radius 2 is 1.75 bits per heavy atom. The van der Waals surface area contributed by atoms with Crippen molar-refractivity contribution in [3.63, 3.8) is 0 Å². The van der Waals surface area contributed by atoms with Crippen molar-refractivity contribution in [1.29, 1.82) is 0 Å². The van der Waals surface area contributed by atoms with E-state index < -0.39 is 5.54 Å². The Balaban J connectivity index is 0. The van der Waals surface area contributed by atoms with Crippen LogP contribution in [0.25, 0.3) is 0 Å². The zero-order valence-corrected chi connectivity index (χ0v) is 13.7. The van der Waals surface area contributed by atoms with Crippen LogP contribution in [-0.2, 0) is 9.59 Å². The van der Waals surface area contributed by atoms with E-state index in [1.807, 2.05) is 13.8 Å². The van der Waals surface area contributed by atoms with Crippen LogP contribution in [0.1, 0.15) is 66.7 Å². The maximum absolute atomic E-state index is 11.4. The minimum Gasteiger partial charge on any atom is -0.394 e. The lowest BCUT2D eigenvalue weighted by Crippen LogP contribution is -2.46. The molecule has 1 atom stereocenters. The molecule has 0 spiro atoms. The number of hydrogen-bond donors (Lipinski definition) is 3. The van der Waals surface area contributed by atoms with Gasteiger partial charge < -0.3 is 16.2 Å². The van der Waals surface area contributed by atoms with Gasteiger partial charge >= 0.3 is 0 Å². The van der Waals surface area contributed by atoms with Crippen molar-refractivity contribution < 1.29 is 14.7 Å². The predicted octanol–water partition coefficient (Wildman–Crippen LogP) is 1.77. The highest BCUT2D eigenvalue weighted by atomic mass is 16.3. The molecule has 0 fully saturated rings. The molecule has 0 aliphatic heterocycles. The highest BCUT2D eigenvalue weighted by Gasteiger charge is 2.18. The summed E-state index contributed by atoms with van der Waals surface area (Å²) in [6.07, 6.45) is 3.00. The Morgan fingerprint density at radius 3 is 2.10 bits per heavy atom. The van der Waals surface area contributed by atoms with Crippen LogP contribution in [0.15, 0.2) is 0 Å². The van der Waals surface area contributed by atoms with E-state index in [0.717, 1.165) is 6.42 Å². The number of Topliss-reactive ketones (excluding diaryl/α,β-unsaturated/α-hetero) is 1. The van der Waals surface area contributed by atoms with Crippen molar-refractivity contribution >= 4 is 11.7 Å². The van der Waals surface area contributed by atoms with E-state index in [9.17, 15) is 9.59 Å². The number of carbonyl (C=O) groups is 2. The zero-order chi connectivity index (χ0) is 16.2. The molecule has 0 radical (unpaired) electrons. The third-order valence-corrected chi connectivity index (χ3v) is 2.77. The Labute approximate surface area is 123 Å². The number of nitrogens with two attached hydrogens (primary N) is 1. The fourth-order valence-electron chi connectivity index (χ4n) is 1.10. The second kappa shape index (κ2) is 11.9. The first-order valence-corrected chi connectivity index (χ1v) is 7.37. The molecule has 5 nitrogen and oxygen atoms in total. The van der Waals surface area contributed by atoms with Gasteiger partial charge in [-0.15, -0.1) is 0 Å². The van der Waals surface area contributed by atoms with Crippen molar-refractivity contribution in [2.24, 2.45) is 5.73 Å². The third kappa shape index (κ3) is 15.1. The molecule has 0 aliphatic rings. The summed E-state index contributed by atoms with van der Waals surface area (Å²) in [6, 6.07) is 0.384. The number of carbonyl (C=O) groups excluding carboxylic acids is 2. The van der Waals surface area contributed by atoms with Crippen LogP contribution in [-0.4, -0.2) is 35.0 Å². The highest BCUT2D eigenvalue weighted by molar-refractivity contribution is 5.80. The number of amides is 1. The molecule has 20 heavy (non-hydrogen) atoms. The van der Waals surface area contributed by atoms with E-state index in [4.69, 9.17) is 10.8 Å². The fourth-order valence-corrected chi connectivity index (χ4v) is 1.10. The molecule has 1 amide bonds. The van der Waals surface area contributed by atoms with Crippen molar-refractivity contribution in [2.45, 2.75) is 78.3 Å². The Morgan fingerprint density at radius 1 is 1.25 bits per heavy atom. The normalized spacial score (nSPS) is 12.2. The van der Waals surface area contributed by atoms with Gasteiger partial charge in [0.15, 0.2) is 0 Å². The summed E-state index contributed by atoms with van der Waals surface area (Å²) < 4.78 is 0. The van der Waals surface area contributed by atoms with Crippen LogP contribution in [0.4, 0.5) is 0 Å². The van der Waals surface area contributed by atoms with Gasteiger partial charge in [0, 0.05) is 25.3 Å². The number of rotatable bonds is 8. The number of ketones is 1. The average molecular weight is 288 g/mol. The number of aliphatic hydroxyl groups is 1. The average Bonchev–Trinajstić information content (AvgIpc) is 2.38. The van der Waals surface area contributed by atoms with Crippen molar-refractivity contribution in [2.75, 3.05) is 6.61 Å². The van der Waals surface area contributed by atoms with E-state index in [2.05, 4.69) is 12.2 Å². The molecule has 5 heteroatoms. The predicted molar refractivity (Wildman–Crippen MR) is 82.4 cm³/mol. The van der Waals surface area contributed by atoms with Crippen LogP contribution < -0.4 is 11.1 Å². The van der Waals surface area contributed by atoms with E-state index >= 15 is 0 Å². The summed E-state index contributed by atoms with van der Waals surface area (Å²) >= 11 is 0. The first kappa shape index (κ1) is 21.4. The van der Waals surface area contributed by atoms with Crippen LogP contribution >= 0.6 is 0 Å². The molecule has 0 rings (SSSR count). The van der Waals surface area contributed by atoms with Crippen molar-refractivity contribution in [3.05, 3.63) is 0 Å². The monoisotopic (exact) mass is 288 g/mol. The van der Waals surface area contributed by atoms with Crippen LogP contribution in [0.2, 0.25) is 0 Å². The van der Waals surface area contributed by atoms with Crippen LogP contribution in [0.5, 0.6) is 0 Å². The molecule has 0 aliphatic carbocycles. The minimum absolute atomic E-state index is 0.0906. The summed E-state index contributed by atoms with van der Waals surface area (Å²) in [6.45, 7) is 9.30. The third-order valence-electron chi connectivity index (χ3n) is 2.77. The molecule has 0 heterocycles. The van der Waals surface area contributed by atoms with Crippen LogP contribution in [0.3, 0.4) is 0 Å². The molecule has 0 saturated heterocycles. The molecular formula is C15H32N2O3. The van der Waals surface area contributed by atoms with Gasteiger partial charge in [0.05, 0.1) is 12.1 Å². The van der Waals surface area contributed by atoms with Gasteiger partial charge in [-0.05, 0) is 33.6 Å². The summed E-state index contributed by atoms with van der Waals surface area (Å²) in [5, 5.41) is 11.6. The van der Waals surface area contributed by atoms with Gasteiger partial charge in [-0.3, -0.25) is 9.59 Å². The Kier molecular flexibility index (Phi) is 12.7. The van der Waals surface area contributed by atoms with Crippen molar-refractivity contribution in [1.82, 2.24) is 5.32 Å². The first-order chi connectivity index (χ1) is 9.18. The number of hydrogen-bond acceptors (Lipinski definition) is 4. The van der Waals surface area contributed by atoms with Gasteiger partial charge in [0.25, 0.3) is 0 Å². The molecular weight excluding hydrogens is 256 g/mol. The standard InChI is InChI=1S/C11H21NO3.C4H11N/c1-4-9(14)6-5-7-10(15)12-11(2,3)8-13;1-3-4(2)5/h13H,4-8H2,1-3H3,(H,12,15);4H,3,5H2,1-2H3. The molecule has 0 aromatic heterocycles. The molecule has 0 saturated carbocycles. The smallest absolute Gasteiger partial charge is 0.220 e. The largest absolute Gasteiger partial charge is 0.394 e. The van der Waals surface area contributed by atoms with E-state index in [0.29, 0.717) is 31.7 Å². The maximum atomic E-state index is 11.4. The van der Waals surface area contributed by atoms with E-state index in [1.165, 1.54) is 0 Å². The fraction of sp³-hybridized carbons (Fsp3) is 0.867. The first-order valence-electron chi connectivity index (χ1n) is 7.37. The van der Waals surface area contributed by atoms with Gasteiger partial charge in [-0.2, -0.15) is 0 Å². The number of aliphatic hydroxyl groups excluding tert-OH is 1. The topological polar surface area (TPSA) is 92.4 Å². The molecule has 0 aromatic rings. The molecule has 4 N–H and O–H groups in total. The highest BCUT2D eigenvalue weighted by Crippen LogP contribution is 2.03. The Bertz CT molecular complexity index is 276. The Hall–Kier alpha value is -0.940. The van der Waals surface area contributed by atoms with E-state index in [-0.39, 0.29) is 18.3 Å². The molecule has 0 aromatic carbocycles. The van der Waals surface area contributed by atoms with Gasteiger partial charge in [-0.1, -0.05) is 13.8 Å². The molecule has 120 valence electrons. The van der Waals surface area contributed by atoms with Crippen molar-refractivity contribution in [3.8, 4) is 0 Å². The lowest BCUT2D eigenvalue weighted by Gasteiger charge is -2.23. The van der Waals surface area contributed by atoms with Gasteiger partial charge in [0.1, 0.15) is 5.78 Å². The summed E-state index contributed by atoms with van der Waals surface area (Å²) in [7, 11) is 0. The maximum Gasteiger partial charge on any atom is 0.220 e. The lowest BCUT2D eigenvalue weighted by atomic mass is 10.1.